The van der Waals surface area contributed by atoms with Gasteiger partial charge in [0.1, 0.15) is 6.54 Å². The molecule has 2 N–H and O–H groups in total. The smallest absolute Gasteiger partial charge is 0.244 e. The summed E-state index contributed by atoms with van der Waals surface area (Å²) in [5, 5.41) is 6.54. The highest BCUT2D eigenvalue weighted by Gasteiger charge is 2.42. The van der Waals surface area contributed by atoms with Crippen LogP contribution in [-0.2, 0) is 22.6 Å². The number of aliphatic imine (C=N–C) groups is 1. The van der Waals surface area contributed by atoms with Gasteiger partial charge >= 0.3 is 0 Å². The van der Waals surface area contributed by atoms with Gasteiger partial charge in [-0.15, -0.1) is 24.0 Å². The maximum atomic E-state index is 12.8. The highest BCUT2D eigenvalue weighted by molar-refractivity contribution is 14.0. The van der Waals surface area contributed by atoms with Crippen LogP contribution >= 0.6 is 24.0 Å². The topological polar surface area (TPSA) is 77.0 Å². The van der Waals surface area contributed by atoms with E-state index in [-0.39, 0.29) is 47.8 Å². The predicted molar refractivity (Wildman–Crippen MR) is 135 cm³/mol. The molecular formula is C23H36IN5O2. The Morgan fingerprint density at radius 1 is 1.13 bits per heavy atom. The van der Waals surface area contributed by atoms with Crippen molar-refractivity contribution >= 4 is 41.8 Å². The van der Waals surface area contributed by atoms with Crippen LogP contribution < -0.4 is 10.6 Å². The second-order valence-corrected chi connectivity index (χ2v) is 8.57. The highest BCUT2D eigenvalue weighted by atomic mass is 127. The van der Waals surface area contributed by atoms with Crippen LogP contribution in [0.1, 0.15) is 43.7 Å². The molecule has 7 nitrogen and oxygen atoms in total. The van der Waals surface area contributed by atoms with Gasteiger partial charge in [0.05, 0.1) is 5.41 Å². The van der Waals surface area contributed by atoms with Crippen molar-refractivity contribution in [3.63, 3.8) is 0 Å². The maximum Gasteiger partial charge on any atom is 0.244 e. The fraction of sp³-hybridized carbons (Fsp3) is 0.609. The van der Waals surface area contributed by atoms with Crippen LogP contribution in [0.2, 0.25) is 0 Å². The average molecular weight is 541 g/mol. The van der Waals surface area contributed by atoms with Crippen molar-refractivity contribution in [2.24, 2.45) is 10.4 Å². The lowest BCUT2D eigenvalue weighted by atomic mass is 9.84. The van der Waals surface area contributed by atoms with E-state index in [0.29, 0.717) is 25.6 Å². The second kappa shape index (κ2) is 11.7. The third kappa shape index (κ3) is 6.33. The van der Waals surface area contributed by atoms with Gasteiger partial charge in [-0.3, -0.25) is 9.59 Å². The predicted octanol–water partition coefficient (Wildman–Crippen LogP) is 2.39. The van der Waals surface area contributed by atoms with Crippen LogP contribution in [0.4, 0.5) is 0 Å². The lowest BCUT2D eigenvalue weighted by molar-refractivity contribution is -0.139. The number of carbonyl (C=O) groups is 2. The molecule has 1 heterocycles. The zero-order chi connectivity index (χ0) is 21.6. The summed E-state index contributed by atoms with van der Waals surface area (Å²) in [6, 6.07) is 8.29. The Morgan fingerprint density at radius 3 is 2.45 bits per heavy atom. The lowest BCUT2D eigenvalue weighted by Gasteiger charge is -2.31. The molecule has 2 amide bonds. The third-order valence-electron chi connectivity index (χ3n) is 6.21. The Balaban J connectivity index is 0.00000341. The maximum absolute atomic E-state index is 12.8. The largest absolute Gasteiger partial charge is 0.357 e. The van der Waals surface area contributed by atoms with E-state index in [4.69, 9.17) is 0 Å². The van der Waals surface area contributed by atoms with Gasteiger partial charge in [0.2, 0.25) is 11.8 Å². The number of hydrogen-bond donors (Lipinski definition) is 2. The minimum absolute atomic E-state index is 0. The Labute approximate surface area is 203 Å². The van der Waals surface area contributed by atoms with Crippen molar-refractivity contribution in [1.82, 2.24) is 20.4 Å². The molecule has 0 bridgehead atoms. The van der Waals surface area contributed by atoms with E-state index < -0.39 is 0 Å². The van der Waals surface area contributed by atoms with Crippen molar-refractivity contribution < 1.29 is 9.59 Å². The summed E-state index contributed by atoms with van der Waals surface area (Å²) >= 11 is 0. The summed E-state index contributed by atoms with van der Waals surface area (Å²) in [4.78, 5) is 33.6. The van der Waals surface area contributed by atoms with Crippen LogP contribution in [0.15, 0.2) is 29.3 Å². The zero-order valence-corrected chi connectivity index (χ0v) is 21.3. The van der Waals surface area contributed by atoms with Crippen LogP contribution in [0.3, 0.4) is 0 Å². The molecule has 0 unspecified atom stereocenters. The van der Waals surface area contributed by atoms with E-state index in [1.807, 2.05) is 38.1 Å². The van der Waals surface area contributed by atoms with E-state index in [1.165, 1.54) is 11.1 Å². The van der Waals surface area contributed by atoms with Crippen molar-refractivity contribution in [3.8, 4) is 0 Å². The van der Waals surface area contributed by atoms with E-state index >= 15 is 0 Å². The quantitative estimate of drug-likeness (QED) is 0.330. The summed E-state index contributed by atoms with van der Waals surface area (Å²) in [5.41, 5.74) is 2.17. The molecule has 0 spiro atoms. The first-order valence-electron chi connectivity index (χ1n) is 11.0. The summed E-state index contributed by atoms with van der Waals surface area (Å²) in [7, 11) is 3.63. The molecule has 1 aromatic rings. The standard InChI is InChI=1S/C23H35N5O2.HI/c1-4-24-22(26-17-23(12-7-8-13-23)21(30)27(2)3)25-15-20(29)28-14-11-18-9-5-6-10-19(18)16-28;/h5-6,9-10H,4,7-8,11-17H2,1-3H3,(H2,24,25,26);1H. The average Bonchev–Trinajstić information content (AvgIpc) is 3.24. The number of guanidine groups is 1. The number of nitrogens with one attached hydrogen (secondary N) is 2. The van der Waals surface area contributed by atoms with Gasteiger partial charge in [-0.25, -0.2) is 4.99 Å². The summed E-state index contributed by atoms with van der Waals surface area (Å²) < 4.78 is 0. The zero-order valence-electron chi connectivity index (χ0n) is 18.9. The molecule has 1 saturated carbocycles. The minimum atomic E-state index is -0.375. The van der Waals surface area contributed by atoms with E-state index in [0.717, 1.165) is 38.6 Å². The number of halogens is 1. The number of nitrogens with zero attached hydrogens (tertiary/aromatic N) is 3. The lowest BCUT2D eigenvalue weighted by Crippen LogP contribution is -2.49. The molecule has 1 aliphatic carbocycles. The Bertz CT molecular complexity index is 790. The van der Waals surface area contributed by atoms with E-state index in [2.05, 4.69) is 27.8 Å². The fourth-order valence-electron chi connectivity index (χ4n) is 4.54. The molecule has 0 aromatic heterocycles. The number of rotatable bonds is 6. The van der Waals surface area contributed by atoms with Crippen LogP contribution in [0.5, 0.6) is 0 Å². The van der Waals surface area contributed by atoms with Gasteiger partial charge < -0.3 is 20.4 Å². The summed E-state index contributed by atoms with van der Waals surface area (Å²) in [5.74, 6) is 0.800. The fourth-order valence-corrected chi connectivity index (χ4v) is 4.54. The van der Waals surface area contributed by atoms with Crippen molar-refractivity contribution in [3.05, 3.63) is 35.4 Å². The second-order valence-electron chi connectivity index (χ2n) is 8.57. The molecule has 8 heteroatoms. The number of fused-ring (bicyclic) bond motifs is 1. The molecule has 1 aromatic carbocycles. The van der Waals surface area contributed by atoms with Gasteiger partial charge in [0.25, 0.3) is 0 Å². The molecule has 2 aliphatic rings. The molecule has 0 radical (unpaired) electrons. The SMILES string of the molecule is CCNC(=NCC(=O)N1CCc2ccccc2C1)NCC1(C(=O)N(C)C)CCCC1.I. The van der Waals surface area contributed by atoms with Gasteiger partial charge in [-0.1, -0.05) is 37.1 Å². The monoisotopic (exact) mass is 541 g/mol. The van der Waals surface area contributed by atoms with Crippen molar-refractivity contribution in [1.29, 1.82) is 0 Å². The van der Waals surface area contributed by atoms with Gasteiger partial charge in [-0.2, -0.15) is 0 Å². The summed E-state index contributed by atoms with van der Waals surface area (Å²) in [6.45, 7) is 4.72. The highest BCUT2D eigenvalue weighted by Crippen LogP contribution is 2.38. The summed E-state index contributed by atoms with van der Waals surface area (Å²) in [6.07, 6.45) is 4.82. The number of amides is 2. The first kappa shape index (κ1) is 25.4. The van der Waals surface area contributed by atoms with Crippen LogP contribution in [0.25, 0.3) is 0 Å². The minimum Gasteiger partial charge on any atom is -0.357 e. The van der Waals surface area contributed by atoms with Crippen LogP contribution in [-0.4, -0.2) is 67.8 Å². The number of carbonyl (C=O) groups excluding carboxylic acids is 2. The molecule has 3 rings (SSSR count). The Hall–Kier alpha value is -1.84. The normalized spacial score (nSPS) is 17.4. The van der Waals surface area contributed by atoms with Gasteiger partial charge in [0.15, 0.2) is 5.96 Å². The van der Waals surface area contributed by atoms with Gasteiger partial charge in [0, 0.05) is 40.3 Å². The first-order valence-corrected chi connectivity index (χ1v) is 11.0. The number of benzene rings is 1. The molecule has 0 saturated heterocycles. The molecule has 1 aliphatic heterocycles. The third-order valence-corrected chi connectivity index (χ3v) is 6.21. The number of hydrogen-bond acceptors (Lipinski definition) is 3. The van der Waals surface area contributed by atoms with Gasteiger partial charge in [-0.05, 0) is 37.3 Å². The van der Waals surface area contributed by atoms with E-state index in [9.17, 15) is 9.59 Å². The Morgan fingerprint density at radius 2 is 1.81 bits per heavy atom. The van der Waals surface area contributed by atoms with Crippen LogP contribution in [0, 0.1) is 5.41 Å². The first-order chi connectivity index (χ1) is 14.4. The molecule has 1 fully saturated rings. The van der Waals surface area contributed by atoms with E-state index in [1.54, 1.807) is 4.90 Å². The van der Waals surface area contributed by atoms with Crippen molar-refractivity contribution in [2.75, 3.05) is 40.3 Å². The molecule has 172 valence electrons. The molecular weight excluding hydrogens is 505 g/mol. The molecule has 0 atom stereocenters. The molecule has 31 heavy (non-hydrogen) atoms. The Kier molecular flexibility index (Phi) is 9.58. The van der Waals surface area contributed by atoms with Crippen molar-refractivity contribution in [2.45, 2.75) is 45.6 Å².